The molecule has 5 aliphatic rings. The highest BCUT2D eigenvalue weighted by Gasteiger charge is 2.79. The number of rotatable bonds is 2. The number of ether oxygens (including phenoxy) is 2. The molecule has 5 nitrogen and oxygen atoms in total. The van der Waals surface area contributed by atoms with Gasteiger partial charge < -0.3 is 14.6 Å². The van der Waals surface area contributed by atoms with Crippen molar-refractivity contribution >= 4 is 11.6 Å². The topological polar surface area (TPSA) is 72.8 Å². The van der Waals surface area contributed by atoms with E-state index in [9.17, 15) is 14.7 Å². The van der Waals surface area contributed by atoms with Gasteiger partial charge in [-0.25, -0.2) is 4.39 Å². The Balaban J connectivity index is 1.63. The van der Waals surface area contributed by atoms with Crippen LogP contribution in [0.4, 0.5) is 4.39 Å². The summed E-state index contributed by atoms with van der Waals surface area (Å²) >= 11 is 0. The van der Waals surface area contributed by atoms with E-state index in [1.165, 1.54) is 0 Å². The summed E-state index contributed by atoms with van der Waals surface area (Å²) in [4.78, 5) is 25.5. The summed E-state index contributed by atoms with van der Waals surface area (Å²) < 4.78 is 29.9. The number of carbonyl (C=O) groups excluding carboxylic acids is 2. The molecule has 0 radical (unpaired) electrons. The average molecular weight is 435 g/mol. The molecule has 3 saturated carbocycles. The molecule has 1 aliphatic heterocycles. The summed E-state index contributed by atoms with van der Waals surface area (Å²) in [7, 11) is 0. The first-order valence-electron chi connectivity index (χ1n) is 11.9. The first kappa shape index (κ1) is 21.7. The van der Waals surface area contributed by atoms with Crippen LogP contribution in [0.25, 0.3) is 0 Å². The molecule has 1 saturated heterocycles. The van der Waals surface area contributed by atoms with E-state index in [0.29, 0.717) is 38.5 Å². The van der Waals surface area contributed by atoms with Crippen LogP contribution in [0.1, 0.15) is 79.6 Å². The highest BCUT2D eigenvalue weighted by Crippen LogP contribution is 2.72. The lowest BCUT2D eigenvalue weighted by molar-refractivity contribution is -0.251. The Hall–Kier alpha value is -1.11. The number of carbonyl (C=O) groups is 2. The minimum atomic E-state index is -1.83. The molecule has 4 aliphatic carbocycles. The lowest BCUT2D eigenvalue weighted by atomic mass is 9.43. The molecule has 5 rings (SSSR count). The maximum absolute atomic E-state index is 17.2. The standard InChI is InChI=1S/C25H35FO5/c1-6-18(28)25-20(30-21(2,3)31-25)12-17-16-8-7-14-11-15(27)9-10-22(14,4)24(16,26)19(29)13-23(17,25)5/h11,16-17,19-20,29H,6-10,12-13H2,1-5H3. The highest BCUT2D eigenvalue weighted by molar-refractivity contribution is 5.92. The average Bonchev–Trinajstić information content (AvgIpc) is 3.09. The first-order valence-corrected chi connectivity index (χ1v) is 11.9. The second-order valence-electron chi connectivity index (χ2n) is 11.5. The maximum Gasteiger partial charge on any atom is 0.167 e. The fraction of sp³-hybridized carbons (Fsp3) is 0.840. The molecular formula is C25H35FO5. The second-order valence-corrected chi connectivity index (χ2v) is 11.5. The fourth-order valence-electron chi connectivity index (χ4n) is 8.43. The monoisotopic (exact) mass is 434 g/mol. The van der Waals surface area contributed by atoms with E-state index < -0.39 is 46.0 Å². The van der Waals surface area contributed by atoms with Crippen LogP contribution in [0.5, 0.6) is 0 Å². The Kier molecular flexibility index (Phi) is 4.39. The largest absolute Gasteiger partial charge is 0.390 e. The van der Waals surface area contributed by atoms with Gasteiger partial charge in [-0.15, -0.1) is 0 Å². The van der Waals surface area contributed by atoms with Gasteiger partial charge >= 0.3 is 0 Å². The molecule has 0 aromatic heterocycles. The Morgan fingerprint density at radius 1 is 1.23 bits per heavy atom. The third-order valence-electron chi connectivity index (χ3n) is 9.77. The van der Waals surface area contributed by atoms with Gasteiger partial charge in [0.1, 0.15) is 5.67 Å². The van der Waals surface area contributed by atoms with Crippen molar-refractivity contribution in [3.8, 4) is 0 Å². The van der Waals surface area contributed by atoms with E-state index in [2.05, 4.69) is 0 Å². The third-order valence-corrected chi connectivity index (χ3v) is 9.77. The molecule has 1 heterocycles. The Morgan fingerprint density at radius 2 is 1.94 bits per heavy atom. The van der Waals surface area contributed by atoms with Crippen LogP contribution in [-0.2, 0) is 19.1 Å². The highest BCUT2D eigenvalue weighted by atomic mass is 19.1. The molecule has 31 heavy (non-hydrogen) atoms. The van der Waals surface area contributed by atoms with Crippen LogP contribution < -0.4 is 0 Å². The normalized spacial score (nSPS) is 52.6. The molecule has 0 aromatic carbocycles. The van der Waals surface area contributed by atoms with Crippen molar-refractivity contribution in [2.45, 2.75) is 109 Å². The summed E-state index contributed by atoms with van der Waals surface area (Å²) in [6, 6.07) is 0. The Morgan fingerprint density at radius 3 is 2.61 bits per heavy atom. The van der Waals surface area contributed by atoms with E-state index in [-0.39, 0.29) is 23.9 Å². The van der Waals surface area contributed by atoms with Crippen molar-refractivity contribution in [2.75, 3.05) is 0 Å². The Bertz CT molecular complexity index is 881. The zero-order valence-corrected chi connectivity index (χ0v) is 19.3. The molecule has 6 heteroatoms. The number of Topliss-reactive ketones (excluding diaryl/α,β-unsaturated/α-hetero) is 1. The van der Waals surface area contributed by atoms with Crippen molar-refractivity contribution < 1.29 is 28.6 Å². The van der Waals surface area contributed by atoms with Gasteiger partial charge in [0, 0.05) is 29.6 Å². The molecule has 8 unspecified atom stereocenters. The van der Waals surface area contributed by atoms with Crippen molar-refractivity contribution in [3.63, 3.8) is 0 Å². The maximum atomic E-state index is 17.2. The van der Waals surface area contributed by atoms with Gasteiger partial charge in [0.05, 0.1) is 12.2 Å². The van der Waals surface area contributed by atoms with Gasteiger partial charge in [-0.05, 0) is 57.9 Å². The van der Waals surface area contributed by atoms with Crippen LogP contribution in [-0.4, -0.2) is 45.9 Å². The van der Waals surface area contributed by atoms with Crippen LogP contribution in [0.3, 0.4) is 0 Å². The zero-order chi connectivity index (χ0) is 22.6. The van der Waals surface area contributed by atoms with Gasteiger partial charge in [0.2, 0.25) is 0 Å². The summed E-state index contributed by atoms with van der Waals surface area (Å²) in [5.74, 6) is -1.39. The first-order chi connectivity index (χ1) is 14.4. The SMILES string of the molecule is CCC(=O)C12OC(C)(C)OC1CC1C3CCC4=CC(=O)CCC4(C)C3(F)C(O)CC12C. The number of halogens is 1. The van der Waals surface area contributed by atoms with E-state index in [1.807, 2.05) is 34.6 Å². The van der Waals surface area contributed by atoms with Gasteiger partial charge in [-0.1, -0.05) is 26.3 Å². The van der Waals surface area contributed by atoms with E-state index in [0.717, 1.165) is 5.57 Å². The molecule has 0 amide bonds. The second kappa shape index (κ2) is 6.27. The number of aliphatic hydroxyl groups excluding tert-OH is 1. The number of ketones is 2. The lowest BCUT2D eigenvalue weighted by Crippen LogP contribution is -2.70. The molecule has 0 spiro atoms. The van der Waals surface area contributed by atoms with Gasteiger partial charge in [-0.2, -0.15) is 0 Å². The molecule has 1 N–H and O–H groups in total. The summed E-state index contributed by atoms with van der Waals surface area (Å²) in [5.41, 5.74) is -3.70. The number of fused-ring (bicyclic) bond motifs is 7. The van der Waals surface area contributed by atoms with Crippen molar-refractivity contribution in [1.29, 1.82) is 0 Å². The molecule has 172 valence electrons. The number of aliphatic hydroxyl groups is 1. The smallest absolute Gasteiger partial charge is 0.167 e. The van der Waals surface area contributed by atoms with Crippen molar-refractivity contribution in [3.05, 3.63) is 11.6 Å². The zero-order valence-electron chi connectivity index (χ0n) is 19.3. The van der Waals surface area contributed by atoms with Crippen LogP contribution in [0.15, 0.2) is 11.6 Å². The van der Waals surface area contributed by atoms with Gasteiger partial charge in [-0.3, -0.25) is 9.59 Å². The van der Waals surface area contributed by atoms with E-state index in [4.69, 9.17) is 9.47 Å². The van der Waals surface area contributed by atoms with Crippen LogP contribution in [0.2, 0.25) is 0 Å². The predicted molar refractivity (Wildman–Crippen MR) is 112 cm³/mol. The Labute approximate surface area is 183 Å². The van der Waals surface area contributed by atoms with Crippen molar-refractivity contribution in [1.82, 2.24) is 0 Å². The minimum absolute atomic E-state index is 0.0162. The lowest BCUT2D eigenvalue weighted by Gasteiger charge is -2.63. The number of allylic oxidation sites excluding steroid dienone is 1. The number of hydrogen-bond donors (Lipinski definition) is 1. The molecular weight excluding hydrogens is 399 g/mol. The summed E-state index contributed by atoms with van der Waals surface area (Å²) in [5, 5.41) is 11.5. The minimum Gasteiger partial charge on any atom is -0.390 e. The van der Waals surface area contributed by atoms with Crippen molar-refractivity contribution in [2.24, 2.45) is 22.7 Å². The van der Waals surface area contributed by atoms with Crippen LogP contribution in [0, 0.1) is 22.7 Å². The molecule has 8 atom stereocenters. The molecule has 4 fully saturated rings. The van der Waals surface area contributed by atoms with Gasteiger partial charge in [0.15, 0.2) is 23.0 Å². The van der Waals surface area contributed by atoms with Gasteiger partial charge in [0.25, 0.3) is 0 Å². The summed E-state index contributed by atoms with van der Waals surface area (Å²) in [6.07, 6.45) is 2.95. The molecule has 0 bridgehead atoms. The number of alkyl halides is 1. The quantitative estimate of drug-likeness (QED) is 0.710. The fourth-order valence-corrected chi connectivity index (χ4v) is 8.43. The molecule has 0 aromatic rings. The number of hydrogen-bond acceptors (Lipinski definition) is 5. The summed E-state index contributed by atoms with van der Waals surface area (Å²) in [6.45, 7) is 9.38. The van der Waals surface area contributed by atoms with E-state index >= 15 is 4.39 Å². The third kappa shape index (κ3) is 2.37. The predicted octanol–water partition coefficient (Wildman–Crippen LogP) is 4.06. The van der Waals surface area contributed by atoms with E-state index in [1.54, 1.807) is 6.08 Å². The van der Waals surface area contributed by atoms with Crippen LogP contribution >= 0.6 is 0 Å².